The number of carboxylic acid groups (broad SMARTS) is 2. The second-order valence-corrected chi connectivity index (χ2v) is 4.10. The Balaban J connectivity index is 4.58. The molecule has 0 unspecified atom stereocenters. The SMILES string of the molecule is CCCCC(CC)(CC(=O)O)CC(=O)O. The monoisotopic (exact) mass is 216 g/mol. The molecule has 0 amide bonds. The summed E-state index contributed by atoms with van der Waals surface area (Å²) in [6, 6.07) is 0. The van der Waals surface area contributed by atoms with Gasteiger partial charge in [0.25, 0.3) is 0 Å². The standard InChI is InChI=1S/C11H20O4/c1-3-5-6-11(4-2,7-9(12)13)8-10(14)15/h3-8H2,1-2H3,(H,12,13)(H,14,15). The molecule has 0 aromatic carbocycles. The van der Waals surface area contributed by atoms with Crippen molar-refractivity contribution in [3.8, 4) is 0 Å². The molecule has 0 aromatic rings. The van der Waals surface area contributed by atoms with Gasteiger partial charge in [0.2, 0.25) is 0 Å². The van der Waals surface area contributed by atoms with Gasteiger partial charge in [-0.2, -0.15) is 0 Å². The Kier molecular flexibility index (Phi) is 5.97. The van der Waals surface area contributed by atoms with Crippen molar-refractivity contribution in [1.29, 1.82) is 0 Å². The summed E-state index contributed by atoms with van der Waals surface area (Å²) in [4.78, 5) is 21.5. The van der Waals surface area contributed by atoms with Gasteiger partial charge in [-0.15, -0.1) is 0 Å². The third-order valence-corrected chi connectivity index (χ3v) is 2.86. The summed E-state index contributed by atoms with van der Waals surface area (Å²) in [5.74, 6) is -1.82. The van der Waals surface area contributed by atoms with E-state index >= 15 is 0 Å². The van der Waals surface area contributed by atoms with E-state index in [9.17, 15) is 9.59 Å². The van der Waals surface area contributed by atoms with Crippen LogP contribution in [0.15, 0.2) is 0 Å². The van der Waals surface area contributed by atoms with E-state index in [1.807, 2.05) is 13.8 Å². The van der Waals surface area contributed by atoms with E-state index in [2.05, 4.69) is 0 Å². The minimum absolute atomic E-state index is 0.0458. The zero-order valence-electron chi connectivity index (χ0n) is 9.45. The largest absolute Gasteiger partial charge is 0.481 e. The maximum Gasteiger partial charge on any atom is 0.303 e. The van der Waals surface area contributed by atoms with Crippen molar-refractivity contribution in [3.63, 3.8) is 0 Å². The molecule has 4 heteroatoms. The van der Waals surface area contributed by atoms with Crippen LogP contribution in [-0.4, -0.2) is 22.2 Å². The van der Waals surface area contributed by atoms with Gasteiger partial charge in [-0.25, -0.2) is 0 Å². The lowest BCUT2D eigenvalue weighted by atomic mass is 9.74. The lowest BCUT2D eigenvalue weighted by Gasteiger charge is -2.29. The third-order valence-electron chi connectivity index (χ3n) is 2.86. The quantitative estimate of drug-likeness (QED) is 0.653. The van der Waals surface area contributed by atoms with E-state index in [-0.39, 0.29) is 12.8 Å². The van der Waals surface area contributed by atoms with Crippen LogP contribution in [0.5, 0.6) is 0 Å². The van der Waals surface area contributed by atoms with Crippen molar-refractivity contribution in [3.05, 3.63) is 0 Å². The Labute approximate surface area is 90.3 Å². The van der Waals surface area contributed by atoms with Crippen molar-refractivity contribution in [1.82, 2.24) is 0 Å². The topological polar surface area (TPSA) is 74.6 Å². The highest BCUT2D eigenvalue weighted by atomic mass is 16.4. The summed E-state index contributed by atoms with van der Waals surface area (Å²) in [6.45, 7) is 3.88. The van der Waals surface area contributed by atoms with Crippen LogP contribution >= 0.6 is 0 Å². The first kappa shape index (κ1) is 13.9. The van der Waals surface area contributed by atoms with E-state index in [1.54, 1.807) is 0 Å². The zero-order valence-corrected chi connectivity index (χ0v) is 9.45. The van der Waals surface area contributed by atoms with Gasteiger partial charge in [0.05, 0.1) is 12.8 Å². The second-order valence-electron chi connectivity index (χ2n) is 4.10. The molecular formula is C11H20O4. The van der Waals surface area contributed by atoms with Crippen LogP contribution < -0.4 is 0 Å². The molecule has 0 aromatic heterocycles. The Morgan fingerprint density at radius 3 is 1.80 bits per heavy atom. The number of aliphatic carboxylic acids is 2. The van der Waals surface area contributed by atoms with E-state index in [4.69, 9.17) is 10.2 Å². The Morgan fingerprint density at radius 2 is 1.53 bits per heavy atom. The molecule has 0 radical (unpaired) electrons. The van der Waals surface area contributed by atoms with Crippen LogP contribution in [0.1, 0.15) is 52.4 Å². The highest BCUT2D eigenvalue weighted by molar-refractivity contribution is 5.71. The summed E-state index contributed by atoms with van der Waals surface area (Å²) in [6.07, 6.45) is 3.03. The maximum atomic E-state index is 10.7. The van der Waals surface area contributed by atoms with Gasteiger partial charge in [0.15, 0.2) is 0 Å². The lowest BCUT2D eigenvalue weighted by molar-refractivity contribution is -0.144. The van der Waals surface area contributed by atoms with Crippen molar-refractivity contribution in [2.24, 2.45) is 5.41 Å². The summed E-state index contributed by atoms with van der Waals surface area (Å²) in [5, 5.41) is 17.6. The Bertz CT molecular complexity index is 207. The molecular weight excluding hydrogens is 196 g/mol. The van der Waals surface area contributed by atoms with Crippen LogP contribution in [0.3, 0.4) is 0 Å². The molecule has 0 aliphatic heterocycles. The predicted octanol–water partition coefficient (Wildman–Crippen LogP) is 2.52. The van der Waals surface area contributed by atoms with Crippen LogP contribution in [0, 0.1) is 5.41 Å². The third kappa shape index (κ3) is 5.40. The van der Waals surface area contributed by atoms with Crippen molar-refractivity contribution >= 4 is 11.9 Å². The maximum absolute atomic E-state index is 10.7. The molecule has 0 saturated carbocycles. The van der Waals surface area contributed by atoms with Crippen molar-refractivity contribution in [2.75, 3.05) is 0 Å². The van der Waals surface area contributed by atoms with Crippen LogP contribution in [-0.2, 0) is 9.59 Å². The molecule has 0 spiro atoms. The second kappa shape index (κ2) is 6.43. The van der Waals surface area contributed by atoms with Crippen molar-refractivity contribution < 1.29 is 19.8 Å². The first-order chi connectivity index (χ1) is 6.95. The van der Waals surface area contributed by atoms with Crippen LogP contribution in [0.25, 0.3) is 0 Å². The lowest BCUT2D eigenvalue weighted by Crippen LogP contribution is -2.27. The summed E-state index contributed by atoms with van der Waals surface area (Å²) in [5.41, 5.74) is -0.562. The van der Waals surface area contributed by atoms with Crippen LogP contribution in [0.4, 0.5) is 0 Å². The molecule has 0 atom stereocenters. The first-order valence-electron chi connectivity index (χ1n) is 5.39. The summed E-state index contributed by atoms with van der Waals surface area (Å²) in [7, 11) is 0. The molecule has 0 bridgehead atoms. The molecule has 0 saturated heterocycles. The van der Waals surface area contributed by atoms with Crippen LogP contribution in [0.2, 0.25) is 0 Å². The number of unbranched alkanes of at least 4 members (excludes halogenated alkanes) is 1. The average molecular weight is 216 g/mol. The highest BCUT2D eigenvalue weighted by Gasteiger charge is 2.32. The number of hydrogen-bond acceptors (Lipinski definition) is 2. The van der Waals surface area contributed by atoms with Gasteiger partial charge >= 0.3 is 11.9 Å². The van der Waals surface area contributed by atoms with Gasteiger partial charge < -0.3 is 10.2 Å². The smallest absolute Gasteiger partial charge is 0.303 e. The summed E-state index contributed by atoms with van der Waals surface area (Å²) >= 11 is 0. The van der Waals surface area contributed by atoms with Crippen molar-refractivity contribution in [2.45, 2.75) is 52.4 Å². The molecule has 0 aliphatic carbocycles. The molecule has 0 heterocycles. The van der Waals surface area contributed by atoms with E-state index < -0.39 is 17.4 Å². The highest BCUT2D eigenvalue weighted by Crippen LogP contribution is 2.36. The van der Waals surface area contributed by atoms with E-state index in [0.29, 0.717) is 12.8 Å². The van der Waals surface area contributed by atoms with E-state index in [0.717, 1.165) is 12.8 Å². The van der Waals surface area contributed by atoms with Gasteiger partial charge in [-0.3, -0.25) is 9.59 Å². The number of hydrogen-bond donors (Lipinski definition) is 2. The van der Waals surface area contributed by atoms with Gasteiger partial charge in [0, 0.05) is 0 Å². The normalized spacial score (nSPS) is 11.3. The number of rotatable bonds is 8. The number of carbonyl (C=O) groups is 2. The Hall–Kier alpha value is -1.06. The van der Waals surface area contributed by atoms with E-state index in [1.165, 1.54) is 0 Å². The zero-order chi connectivity index (χ0) is 11.9. The molecule has 0 aliphatic rings. The molecule has 4 nitrogen and oxygen atoms in total. The van der Waals surface area contributed by atoms with Gasteiger partial charge in [-0.1, -0.05) is 26.7 Å². The average Bonchev–Trinajstić information content (AvgIpc) is 2.12. The summed E-state index contributed by atoms with van der Waals surface area (Å²) < 4.78 is 0. The molecule has 2 N–H and O–H groups in total. The minimum atomic E-state index is -0.908. The fraction of sp³-hybridized carbons (Fsp3) is 0.818. The molecule has 88 valence electrons. The fourth-order valence-corrected chi connectivity index (χ4v) is 1.86. The first-order valence-corrected chi connectivity index (χ1v) is 5.39. The molecule has 0 rings (SSSR count). The Morgan fingerprint density at radius 1 is 1.07 bits per heavy atom. The molecule has 0 fully saturated rings. The van der Waals surface area contributed by atoms with Gasteiger partial charge in [-0.05, 0) is 18.3 Å². The predicted molar refractivity (Wildman–Crippen MR) is 56.8 cm³/mol. The fourth-order valence-electron chi connectivity index (χ4n) is 1.86. The minimum Gasteiger partial charge on any atom is -0.481 e. The number of carboxylic acids is 2. The molecule has 15 heavy (non-hydrogen) atoms. The van der Waals surface area contributed by atoms with Gasteiger partial charge in [0.1, 0.15) is 0 Å².